The van der Waals surface area contributed by atoms with Gasteiger partial charge in [-0.25, -0.2) is 4.98 Å². The van der Waals surface area contributed by atoms with Crippen LogP contribution in [0.15, 0.2) is 16.9 Å². The van der Waals surface area contributed by atoms with Crippen molar-refractivity contribution in [1.29, 1.82) is 0 Å². The molecule has 3 nitrogen and oxygen atoms in total. The maximum atomic E-state index is 7.37. The summed E-state index contributed by atoms with van der Waals surface area (Å²) in [7, 11) is 0. The summed E-state index contributed by atoms with van der Waals surface area (Å²) < 4.78 is 71.4. The second-order valence-electron chi connectivity index (χ2n) is 1.95. The lowest BCUT2D eigenvalue weighted by Crippen LogP contribution is -2.24. The smallest absolute Gasteiger partial charge is 0.317 e. The number of rotatable bonds is 1. The lowest BCUT2D eigenvalue weighted by molar-refractivity contribution is 0.116. The predicted octanol–water partition coefficient (Wildman–Crippen LogP) is 2.42. The van der Waals surface area contributed by atoms with Gasteiger partial charge in [0, 0.05) is 18.5 Å². The zero-order valence-electron chi connectivity index (χ0n) is 14.8. The van der Waals surface area contributed by atoms with Crippen molar-refractivity contribution in [3.05, 3.63) is 16.9 Å². The Hall–Kier alpha value is -0.640. The van der Waals surface area contributed by atoms with E-state index >= 15 is 0 Å². The van der Waals surface area contributed by atoms with Crippen molar-refractivity contribution in [3.63, 3.8) is 0 Å². The first-order valence-corrected chi connectivity index (χ1v) is 3.69. The second-order valence-corrected chi connectivity index (χ2v) is 2.76. The first kappa shape index (κ1) is 2.94. The molecule has 0 bridgehead atoms. The first-order chi connectivity index (χ1) is 9.22. The molecule has 4 heteroatoms. The minimum absolute atomic E-state index is 0.183. The molecule has 0 radical (unpaired) electrons. The Balaban J connectivity index is 3.52. The third kappa shape index (κ3) is 3.17. The van der Waals surface area contributed by atoms with E-state index in [0.717, 1.165) is 6.20 Å². The van der Waals surface area contributed by atoms with Gasteiger partial charge in [0.15, 0.2) is 0 Å². The van der Waals surface area contributed by atoms with E-state index < -0.39 is 32.2 Å². The third-order valence-electron chi connectivity index (χ3n) is 0.844. The number of nitrogens with zero attached hydrogens (tertiary/aromatic N) is 2. The Labute approximate surface area is 93.0 Å². The van der Waals surface area contributed by atoms with Gasteiger partial charge < -0.3 is 4.74 Å². The Morgan fingerprint density at radius 3 is 2.92 bits per heavy atom. The Morgan fingerprint density at radius 2 is 2.33 bits per heavy atom. The monoisotopic (exact) mass is 239 g/mol. The number of aromatic nitrogens is 2. The topological polar surface area (TPSA) is 35.0 Å². The van der Waals surface area contributed by atoms with Gasteiger partial charge in [-0.05, 0) is 42.6 Å². The fourth-order valence-electron chi connectivity index (χ4n) is 0.506. The third-order valence-corrected chi connectivity index (χ3v) is 1.29. The molecule has 66 valence electrons. The van der Waals surface area contributed by atoms with Gasteiger partial charge in [-0.3, -0.25) is 0 Å². The molecule has 0 spiro atoms. The second kappa shape index (κ2) is 3.39. The van der Waals surface area contributed by atoms with Crippen LogP contribution in [0.5, 0.6) is 6.01 Å². The summed E-state index contributed by atoms with van der Waals surface area (Å²) in [5, 5.41) is 0. The molecule has 1 rings (SSSR count). The average Bonchev–Trinajstić information content (AvgIpc) is 2.20. The van der Waals surface area contributed by atoms with Crippen molar-refractivity contribution >= 4 is 15.9 Å². The maximum absolute atomic E-state index is 7.37. The van der Waals surface area contributed by atoms with Gasteiger partial charge in [0.05, 0.1) is 0 Å². The van der Waals surface area contributed by atoms with Gasteiger partial charge in [-0.2, -0.15) is 4.98 Å². The van der Waals surface area contributed by atoms with E-state index in [1.165, 1.54) is 6.07 Å². The lowest BCUT2D eigenvalue weighted by Gasteiger charge is -2.18. The Bertz CT molecular complexity index is 474. The minimum atomic E-state index is -3.46. The van der Waals surface area contributed by atoms with Crippen molar-refractivity contribution in [3.8, 4) is 6.01 Å². The standard InChI is InChI=1S/C8H11BrN2O/c1-8(2,3)12-7-10-5-4-6(9)11-7/h4-5H,1-3H3/i1D3,2D3,3D3. The molecule has 0 aliphatic heterocycles. The Morgan fingerprint density at radius 1 is 1.58 bits per heavy atom. The molecule has 0 atom stereocenters. The van der Waals surface area contributed by atoms with Crippen molar-refractivity contribution in [2.45, 2.75) is 26.2 Å². The largest absolute Gasteiger partial charge is 0.458 e. The summed E-state index contributed by atoms with van der Waals surface area (Å²) in [6, 6.07) is 0.724. The summed E-state index contributed by atoms with van der Waals surface area (Å²) in [6.45, 7) is -10.4. The number of hydrogen-bond acceptors (Lipinski definition) is 3. The van der Waals surface area contributed by atoms with E-state index in [-0.39, 0.29) is 4.60 Å². The van der Waals surface area contributed by atoms with E-state index in [1.54, 1.807) is 0 Å². The summed E-state index contributed by atoms with van der Waals surface area (Å²) in [5.41, 5.74) is -3.44. The van der Waals surface area contributed by atoms with Crippen LogP contribution in [-0.4, -0.2) is 15.6 Å². The van der Waals surface area contributed by atoms with Crippen LogP contribution < -0.4 is 4.74 Å². The highest BCUT2D eigenvalue weighted by molar-refractivity contribution is 9.10. The SMILES string of the molecule is [2H]C([2H])([2H])C(Oc1nccc(Br)n1)(C([2H])([2H])[2H])C([2H])([2H])[2H]. The summed E-state index contributed by atoms with van der Waals surface area (Å²) in [5.74, 6) is 0. The lowest BCUT2D eigenvalue weighted by atomic mass is 10.2. The highest BCUT2D eigenvalue weighted by Gasteiger charge is 2.13. The van der Waals surface area contributed by atoms with Gasteiger partial charge in [0.25, 0.3) is 0 Å². The number of halogens is 1. The fraction of sp³-hybridized carbons (Fsp3) is 0.500. The van der Waals surface area contributed by atoms with Crippen LogP contribution in [-0.2, 0) is 0 Å². The molecular weight excluding hydrogens is 220 g/mol. The molecular formula is C8H11BrN2O. The number of hydrogen-bond donors (Lipinski definition) is 0. The normalized spacial score (nSPS) is 25.6. The fourth-order valence-corrected chi connectivity index (χ4v) is 0.776. The molecule has 0 N–H and O–H groups in total. The molecule has 0 aromatic carbocycles. The van der Waals surface area contributed by atoms with Crippen LogP contribution in [0.25, 0.3) is 0 Å². The molecule has 0 amide bonds. The van der Waals surface area contributed by atoms with E-state index in [2.05, 4.69) is 25.9 Å². The van der Waals surface area contributed by atoms with Crippen molar-refractivity contribution in [1.82, 2.24) is 9.97 Å². The number of ether oxygens (including phenoxy) is 1. The van der Waals surface area contributed by atoms with E-state index in [0.29, 0.717) is 0 Å². The zero-order valence-corrected chi connectivity index (χ0v) is 7.42. The summed E-state index contributed by atoms with van der Waals surface area (Å²) in [4.78, 5) is 7.18. The minimum Gasteiger partial charge on any atom is -0.458 e. The predicted molar refractivity (Wildman–Crippen MR) is 50.1 cm³/mol. The van der Waals surface area contributed by atoms with Crippen LogP contribution in [0.1, 0.15) is 32.9 Å². The van der Waals surface area contributed by atoms with Crippen molar-refractivity contribution in [2.75, 3.05) is 0 Å². The van der Waals surface area contributed by atoms with E-state index in [9.17, 15) is 0 Å². The summed E-state index contributed by atoms with van der Waals surface area (Å²) >= 11 is 2.97. The maximum Gasteiger partial charge on any atom is 0.317 e. The molecule has 0 aliphatic carbocycles. The first-order valence-electron chi connectivity index (χ1n) is 7.40. The molecule has 1 aromatic rings. The molecule has 0 fully saturated rings. The molecule has 0 unspecified atom stereocenters. The molecule has 1 aromatic heterocycles. The van der Waals surface area contributed by atoms with Crippen LogP contribution >= 0.6 is 15.9 Å². The zero-order chi connectivity index (χ0) is 16.7. The van der Waals surface area contributed by atoms with Gasteiger partial charge in [-0.15, -0.1) is 0 Å². The molecule has 0 saturated carbocycles. The van der Waals surface area contributed by atoms with Crippen LogP contribution in [0.4, 0.5) is 0 Å². The highest BCUT2D eigenvalue weighted by atomic mass is 79.9. The summed E-state index contributed by atoms with van der Waals surface area (Å²) in [6.07, 6.45) is 1.16. The quantitative estimate of drug-likeness (QED) is 0.707. The molecule has 0 saturated heterocycles. The molecule has 0 aliphatic rings. The van der Waals surface area contributed by atoms with Gasteiger partial charge in [0.1, 0.15) is 10.2 Å². The van der Waals surface area contributed by atoms with Crippen LogP contribution in [0.2, 0.25) is 0 Å². The average molecular weight is 240 g/mol. The van der Waals surface area contributed by atoms with Gasteiger partial charge >= 0.3 is 6.01 Å². The van der Waals surface area contributed by atoms with Crippen LogP contribution in [0, 0.1) is 0 Å². The van der Waals surface area contributed by atoms with Crippen LogP contribution in [0.3, 0.4) is 0 Å². The van der Waals surface area contributed by atoms with Crippen molar-refractivity contribution < 1.29 is 17.1 Å². The van der Waals surface area contributed by atoms with Crippen molar-refractivity contribution in [2.24, 2.45) is 0 Å². The van der Waals surface area contributed by atoms with Gasteiger partial charge in [-0.1, -0.05) is 0 Å². The molecule has 12 heavy (non-hydrogen) atoms. The highest BCUT2D eigenvalue weighted by Crippen LogP contribution is 2.14. The van der Waals surface area contributed by atoms with Gasteiger partial charge in [0.2, 0.25) is 0 Å². The molecule has 1 heterocycles. The van der Waals surface area contributed by atoms with E-state index in [1.807, 2.05) is 0 Å². The van der Waals surface area contributed by atoms with E-state index in [4.69, 9.17) is 17.1 Å². The Kier molecular flexibility index (Phi) is 0.831.